The zero-order chi connectivity index (χ0) is 24.6. The first-order valence-electron chi connectivity index (χ1n) is 11.9. The van der Waals surface area contributed by atoms with Gasteiger partial charge in [-0.1, -0.05) is 36.8 Å². The van der Waals surface area contributed by atoms with Crippen LogP contribution in [-0.2, 0) is 16.0 Å². The number of thiophene rings is 1. The number of rotatable bonds is 9. The molecule has 1 saturated heterocycles. The van der Waals surface area contributed by atoms with Crippen LogP contribution in [0, 0.1) is 0 Å². The molecule has 35 heavy (non-hydrogen) atoms. The molecule has 1 aliphatic rings. The molecule has 0 saturated carbocycles. The summed E-state index contributed by atoms with van der Waals surface area (Å²) in [5.41, 5.74) is 3.16. The van der Waals surface area contributed by atoms with Gasteiger partial charge in [-0.3, -0.25) is 19.6 Å². The van der Waals surface area contributed by atoms with Gasteiger partial charge in [0.05, 0.1) is 4.88 Å². The van der Waals surface area contributed by atoms with Crippen molar-refractivity contribution in [2.24, 2.45) is 0 Å². The van der Waals surface area contributed by atoms with Crippen molar-refractivity contribution in [2.75, 3.05) is 25.0 Å². The van der Waals surface area contributed by atoms with Gasteiger partial charge < -0.3 is 15.5 Å². The van der Waals surface area contributed by atoms with Gasteiger partial charge in [-0.2, -0.15) is 0 Å². The van der Waals surface area contributed by atoms with E-state index in [1.807, 2.05) is 36.4 Å². The Balaban J connectivity index is 1.44. The summed E-state index contributed by atoms with van der Waals surface area (Å²) in [6.45, 7) is 2.74. The third kappa shape index (κ3) is 6.88. The number of anilines is 1. The van der Waals surface area contributed by atoms with Crippen molar-refractivity contribution in [2.45, 2.75) is 38.1 Å². The van der Waals surface area contributed by atoms with E-state index in [1.165, 1.54) is 30.6 Å². The van der Waals surface area contributed by atoms with Crippen LogP contribution < -0.4 is 16.1 Å². The van der Waals surface area contributed by atoms with Crippen molar-refractivity contribution in [3.63, 3.8) is 0 Å². The van der Waals surface area contributed by atoms with Crippen molar-refractivity contribution in [1.29, 1.82) is 0 Å². The van der Waals surface area contributed by atoms with Crippen molar-refractivity contribution >= 4 is 44.8 Å². The molecular weight excluding hydrogens is 464 g/mol. The molecular formula is C26H30N4O4S. The number of hydrogen-bond donors (Lipinski definition) is 4. The number of nitrogens with one attached hydrogen (secondary N) is 3. The summed E-state index contributed by atoms with van der Waals surface area (Å²) in [6.07, 6.45) is 4.32. The van der Waals surface area contributed by atoms with Crippen LogP contribution in [0.4, 0.5) is 5.69 Å². The smallest absolute Gasteiger partial charge is 0.284 e. The van der Waals surface area contributed by atoms with Gasteiger partial charge in [0.1, 0.15) is 6.04 Å². The second-order valence-electron chi connectivity index (χ2n) is 8.76. The predicted molar refractivity (Wildman–Crippen MR) is 137 cm³/mol. The molecule has 4 N–H and O–H groups in total. The van der Waals surface area contributed by atoms with E-state index in [0.717, 1.165) is 28.7 Å². The van der Waals surface area contributed by atoms with E-state index in [2.05, 4.69) is 15.5 Å². The fourth-order valence-corrected chi connectivity index (χ4v) is 5.22. The molecule has 2 aromatic carbocycles. The highest BCUT2D eigenvalue weighted by molar-refractivity contribution is 7.20. The molecule has 8 nitrogen and oxygen atoms in total. The number of fused-ring (bicyclic) bond motifs is 1. The van der Waals surface area contributed by atoms with Gasteiger partial charge in [0.15, 0.2) is 0 Å². The van der Waals surface area contributed by atoms with Crippen LogP contribution in [0.25, 0.3) is 10.1 Å². The molecule has 9 heteroatoms. The normalized spacial score (nSPS) is 14.9. The molecule has 1 atom stereocenters. The van der Waals surface area contributed by atoms with Gasteiger partial charge in [-0.25, -0.2) is 5.48 Å². The second-order valence-corrected chi connectivity index (χ2v) is 9.84. The van der Waals surface area contributed by atoms with Gasteiger partial charge in [0, 0.05) is 29.8 Å². The number of nitrogens with zero attached hydrogens (tertiary/aromatic N) is 1. The van der Waals surface area contributed by atoms with Crippen molar-refractivity contribution < 1.29 is 19.6 Å². The van der Waals surface area contributed by atoms with Gasteiger partial charge >= 0.3 is 0 Å². The maximum atomic E-state index is 13.2. The molecule has 0 spiro atoms. The molecule has 0 unspecified atom stereocenters. The fraction of sp³-hybridized carbons (Fsp3) is 0.346. The zero-order valence-electron chi connectivity index (χ0n) is 19.5. The standard InChI is InChI=1S/C26H30N4O4S/c31-24(11-14-30-12-5-2-6-13-30)28-21(15-18-7-3-1-4-8-18)25(32)27-20-9-10-22-19(16-20)17-23(35-22)26(33)29-34/h1,3-4,7-10,16-17,21,34H,2,5-6,11-15H2,(H,27,32)(H,28,31)(H,29,33)/t21-/m0/s1. The van der Waals surface area contributed by atoms with Gasteiger partial charge in [0.2, 0.25) is 11.8 Å². The van der Waals surface area contributed by atoms with Gasteiger partial charge in [-0.05, 0) is 61.1 Å². The number of piperidine rings is 1. The number of carbonyl (C=O) groups excluding carboxylic acids is 3. The highest BCUT2D eigenvalue weighted by atomic mass is 32.1. The summed E-state index contributed by atoms with van der Waals surface area (Å²) in [7, 11) is 0. The van der Waals surface area contributed by atoms with Crippen LogP contribution in [0.15, 0.2) is 54.6 Å². The molecule has 1 aromatic heterocycles. The summed E-state index contributed by atoms with van der Waals surface area (Å²) in [4.78, 5) is 40.3. The summed E-state index contributed by atoms with van der Waals surface area (Å²) in [5, 5.41) is 15.5. The Morgan fingerprint density at radius 3 is 2.51 bits per heavy atom. The molecule has 0 bridgehead atoms. The van der Waals surface area contributed by atoms with E-state index < -0.39 is 11.9 Å². The van der Waals surface area contributed by atoms with E-state index in [4.69, 9.17) is 5.21 Å². The van der Waals surface area contributed by atoms with Crippen LogP contribution in [0.1, 0.15) is 40.9 Å². The molecule has 2 heterocycles. The summed E-state index contributed by atoms with van der Waals surface area (Å²) < 4.78 is 0.855. The van der Waals surface area contributed by atoms with E-state index in [9.17, 15) is 14.4 Å². The van der Waals surface area contributed by atoms with Gasteiger partial charge in [-0.15, -0.1) is 11.3 Å². The van der Waals surface area contributed by atoms with E-state index in [1.54, 1.807) is 23.7 Å². The van der Waals surface area contributed by atoms with Crippen LogP contribution in [0.2, 0.25) is 0 Å². The summed E-state index contributed by atoms with van der Waals surface area (Å²) in [6, 6.07) is 15.9. The number of hydrogen-bond acceptors (Lipinski definition) is 6. The minimum atomic E-state index is -0.722. The second kappa shape index (κ2) is 11.9. The highest BCUT2D eigenvalue weighted by Gasteiger charge is 2.22. The average molecular weight is 495 g/mol. The fourth-order valence-electron chi connectivity index (χ4n) is 4.29. The zero-order valence-corrected chi connectivity index (χ0v) is 20.3. The first-order chi connectivity index (χ1) is 17.0. The first-order valence-corrected chi connectivity index (χ1v) is 12.7. The Labute approximate surface area is 208 Å². The molecule has 1 fully saturated rings. The van der Waals surface area contributed by atoms with Crippen molar-refractivity contribution in [3.8, 4) is 0 Å². The summed E-state index contributed by atoms with van der Waals surface area (Å²) in [5.74, 6) is -1.02. The van der Waals surface area contributed by atoms with Crippen LogP contribution >= 0.6 is 11.3 Å². The number of carbonyl (C=O) groups is 3. The van der Waals surface area contributed by atoms with Crippen LogP contribution in [0.5, 0.6) is 0 Å². The molecule has 0 aliphatic carbocycles. The van der Waals surface area contributed by atoms with Crippen molar-refractivity contribution in [3.05, 3.63) is 65.0 Å². The molecule has 1 aliphatic heterocycles. The molecule has 3 aromatic rings. The molecule has 184 valence electrons. The van der Waals surface area contributed by atoms with E-state index >= 15 is 0 Å². The topological polar surface area (TPSA) is 111 Å². The lowest BCUT2D eigenvalue weighted by Crippen LogP contribution is -2.46. The molecule has 3 amide bonds. The Kier molecular flexibility index (Phi) is 8.46. The van der Waals surface area contributed by atoms with Gasteiger partial charge in [0.25, 0.3) is 5.91 Å². The average Bonchev–Trinajstić information content (AvgIpc) is 3.31. The predicted octanol–water partition coefficient (Wildman–Crippen LogP) is 3.56. The lowest BCUT2D eigenvalue weighted by atomic mass is 10.0. The third-order valence-corrected chi connectivity index (χ3v) is 7.26. The quantitative estimate of drug-likeness (QED) is 0.269. The maximum Gasteiger partial charge on any atom is 0.284 e. The van der Waals surface area contributed by atoms with Crippen molar-refractivity contribution in [1.82, 2.24) is 15.7 Å². The Morgan fingerprint density at radius 2 is 1.77 bits per heavy atom. The Morgan fingerprint density at radius 1 is 1.00 bits per heavy atom. The van der Waals surface area contributed by atoms with E-state index in [-0.39, 0.29) is 11.8 Å². The minimum absolute atomic E-state index is 0.139. The highest BCUT2D eigenvalue weighted by Crippen LogP contribution is 2.28. The van der Waals surface area contributed by atoms with E-state index in [0.29, 0.717) is 30.0 Å². The molecule has 0 radical (unpaired) electrons. The largest absolute Gasteiger partial charge is 0.344 e. The monoisotopic (exact) mass is 494 g/mol. The molecule has 4 rings (SSSR count). The Bertz CT molecular complexity index is 1170. The first kappa shape index (κ1) is 24.8. The number of hydroxylamine groups is 1. The lowest BCUT2D eigenvalue weighted by Gasteiger charge is -2.26. The lowest BCUT2D eigenvalue weighted by molar-refractivity contribution is -0.126. The summed E-state index contributed by atoms with van der Waals surface area (Å²) >= 11 is 1.25. The Hall–Kier alpha value is -3.27. The van der Waals surface area contributed by atoms with Crippen LogP contribution in [0.3, 0.4) is 0 Å². The number of likely N-dealkylation sites (tertiary alicyclic amines) is 1. The van der Waals surface area contributed by atoms with Crippen LogP contribution in [-0.4, -0.2) is 53.5 Å². The minimum Gasteiger partial charge on any atom is -0.344 e. The maximum absolute atomic E-state index is 13.2. The third-order valence-electron chi connectivity index (χ3n) is 6.15. The number of amides is 3. The SMILES string of the molecule is O=C(CCN1CCCCC1)N[C@@H](Cc1ccccc1)C(=O)Nc1ccc2sc(C(=O)NO)cc2c1. The number of benzene rings is 2.